The minimum Gasteiger partial charge on any atom is -0.497 e. The molecule has 4 rings (SSSR count). The lowest BCUT2D eigenvalue weighted by molar-refractivity contribution is 0.0746. The lowest BCUT2D eigenvalue weighted by Crippen LogP contribution is -2.48. The maximum atomic E-state index is 13.1. The van der Waals surface area contributed by atoms with Crippen LogP contribution in [0.3, 0.4) is 0 Å². The number of hydrogen-bond donors (Lipinski definition) is 0. The molecule has 0 saturated carbocycles. The van der Waals surface area contributed by atoms with Crippen molar-refractivity contribution < 1.29 is 9.53 Å². The lowest BCUT2D eigenvalue weighted by atomic mass is 10.0. The fourth-order valence-corrected chi connectivity index (χ4v) is 5.10. The van der Waals surface area contributed by atoms with Gasteiger partial charge >= 0.3 is 0 Å². The summed E-state index contributed by atoms with van der Waals surface area (Å²) in [7, 11) is 1.69. The van der Waals surface area contributed by atoms with Crippen LogP contribution in [0.2, 0.25) is 0 Å². The number of carbonyl (C=O) groups excluding carboxylic acids is 1. The third-order valence-corrected chi connectivity index (χ3v) is 6.63. The van der Waals surface area contributed by atoms with Gasteiger partial charge in [0.05, 0.1) is 12.7 Å². The standard InChI is InChI=1S/C21H26N2O2S/c1-25-17-9-7-16(8-10-17)22-11-13-23(14-12-22)21(24)19-15-26-20-6-4-2-3-5-18(19)20/h7-10,15H,2-6,11-14H2,1H3. The van der Waals surface area contributed by atoms with Crippen molar-refractivity contribution in [3.8, 4) is 5.75 Å². The number of anilines is 1. The quantitative estimate of drug-likeness (QED) is 0.766. The van der Waals surface area contributed by atoms with Crippen LogP contribution in [0.5, 0.6) is 5.75 Å². The Bertz CT molecular complexity index is 761. The highest BCUT2D eigenvalue weighted by molar-refractivity contribution is 7.10. The number of methoxy groups -OCH3 is 1. The number of hydrogen-bond acceptors (Lipinski definition) is 4. The Morgan fingerprint density at radius 2 is 1.73 bits per heavy atom. The van der Waals surface area contributed by atoms with Crippen LogP contribution in [-0.4, -0.2) is 44.1 Å². The molecule has 1 aromatic carbocycles. The van der Waals surface area contributed by atoms with Gasteiger partial charge in [0.2, 0.25) is 0 Å². The zero-order valence-corrected chi connectivity index (χ0v) is 16.2. The summed E-state index contributed by atoms with van der Waals surface area (Å²) < 4.78 is 5.23. The minimum atomic E-state index is 0.235. The number of nitrogens with zero attached hydrogens (tertiary/aromatic N) is 2. The molecule has 0 unspecified atom stereocenters. The summed E-state index contributed by atoms with van der Waals surface area (Å²) in [4.78, 5) is 18.9. The van der Waals surface area contributed by atoms with E-state index in [9.17, 15) is 4.79 Å². The largest absolute Gasteiger partial charge is 0.497 e. The van der Waals surface area contributed by atoms with E-state index in [2.05, 4.69) is 22.4 Å². The molecule has 2 aliphatic rings. The van der Waals surface area contributed by atoms with Crippen LogP contribution < -0.4 is 9.64 Å². The smallest absolute Gasteiger partial charge is 0.255 e. The van der Waals surface area contributed by atoms with E-state index in [0.717, 1.165) is 50.3 Å². The molecule has 0 radical (unpaired) electrons. The number of ether oxygens (including phenoxy) is 1. The molecule has 2 aromatic rings. The van der Waals surface area contributed by atoms with Gasteiger partial charge in [0.1, 0.15) is 5.75 Å². The van der Waals surface area contributed by atoms with Gasteiger partial charge in [-0.2, -0.15) is 0 Å². The summed E-state index contributed by atoms with van der Waals surface area (Å²) in [6.45, 7) is 3.33. The first-order chi connectivity index (χ1) is 12.8. The van der Waals surface area contributed by atoms with Gasteiger partial charge in [-0.05, 0) is 55.5 Å². The molecule has 1 fully saturated rings. The number of rotatable bonds is 3. The van der Waals surface area contributed by atoms with Crippen LogP contribution in [0.15, 0.2) is 29.6 Å². The topological polar surface area (TPSA) is 32.8 Å². The van der Waals surface area contributed by atoms with Gasteiger partial charge in [-0.3, -0.25) is 4.79 Å². The highest BCUT2D eigenvalue weighted by Gasteiger charge is 2.26. The van der Waals surface area contributed by atoms with Gasteiger partial charge in [0, 0.05) is 42.1 Å². The first-order valence-electron chi connectivity index (χ1n) is 9.54. The van der Waals surface area contributed by atoms with Crippen LogP contribution >= 0.6 is 11.3 Å². The summed E-state index contributed by atoms with van der Waals surface area (Å²) in [6.07, 6.45) is 6.00. The molecule has 1 aromatic heterocycles. The Kier molecular flexibility index (Phi) is 5.16. The van der Waals surface area contributed by atoms with Crippen LogP contribution in [0.25, 0.3) is 0 Å². The molecule has 5 heteroatoms. The first kappa shape index (κ1) is 17.4. The summed E-state index contributed by atoms with van der Waals surface area (Å²) in [5.74, 6) is 1.11. The number of thiophene rings is 1. The Morgan fingerprint density at radius 1 is 1.00 bits per heavy atom. The van der Waals surface area contributed by atoms with Crippen molar-refractivity contribution in [2.75, 3.05) is 38.2 Å². The number of aryl methyl sites for hydroxylation is 1. The Morgan fingerprint density at radius 3 is 2.46 bits per heavy atom. The molecule has 0 atom stereocenters. The summed E-state index contributed by atoms with van der Waals surface area (Å²) >= 11 is 1.79. The van der Waals surface area contributed by atoms with Crippen molar-refractivity contribution in [1.29, 1.82) is 0 Å². The minimum absolute atomic E-state index is 0.235. The number of amides is 1. The van der Waals surface area contributed by atoms with Crippen LogP contribution in [0.1, 0.15) is 40.1 Å². The average Bonchev–Trinajstić information content (AvgIpc) is 2.96. The predicted molar refractivity (Wildman–Crippen MR) is 107 cm³/mol. The van der Waals surface area contributed by atoms with E-state index in [1.165, 1.54) is 35.4 Å². The molecule has 2 heterocycles. The second-order valence-corrected chi connectivity index (χ2v) is 8.05. The molecule has 138 valence electrons. The Labute approximate surface area is 159 Å². The van der Waals surface area contributed by atoms with Crippen molar-refractivity contribution in [3.63, 3.8) is 0 Å². The van der Waals surface area contributed by atoms with Crippen molar-refractivity contribution in [2.24, 2.45) is 0 Å². The van der Waals surface area contributed by atoms with Crippen molar-refractivity contribution >= 4 is 22.9 Å². The second-order valence-electron chi connectivity index (χ2n) is 7.09. The molecule has 1 saturated heterocycles. The highest BCUT2D eigenvalue weighted by atomic mass is 32.1. The molecule has 26 heavy (non-hydrogen) atoms. The van der Waals surface area contributed by atoms with E-state index in [1.54, 1.807) is 18.4 Å². The first-order valence-corrected chi connectivity index (χ1v) is 10.4. The maximum absolute atomic E-state index is 13.1. The normalized spacial score (nSPS) is 17.6. The highest BCUT2D eigenvalue weighted by Crippen LogP contribution is 2.30. The van der Waals surface area contributed by atoms with E-state index in [1.807, 2.05) is 17.0 Å². The molecular formula is C21H26N2O2S. The summed E-state index contributed by atoms with van der Waals surface area (Å²) in [5.41, 5.74) is 3.52. The van der Waals surface area contributed by atoms with Gasteiger partial charge in [0.15, 0.2) is 0 Å². The van der Waals surface area contributed by atoms with Crippen LogP contribution in [0.4, 0.5) is 5.69 Å². The number of fused-ring (bicyclic) bond motifs is 1. The van der Waals surface area contributed by atoms with E-state index in [4.69, 9.17) is 4.74 Å². The van der Waals surface area contributed by atoms with Crippen molar-refractivity contribution in [1.82, 2.24) is 4.90 Å². The van der Waals surface area contributed by atoms with Gasteiger partial charge in [-0.1, -0.05) is 6.42 Å². The van der Waals surface area contributed by atoms with Crippen LogP contribution in [-0.2, 0) is 12.8 Å². The van der Waals surface area contributed by atoms with E-state index < -0.39 is 0 Å². The Hall–Kier alpha value is -2.01. The molecule has 0 bridgehead atoms. The SMILES string of the molecule is COc1ccc(N2CCN(C(=O)c3csc4c3CCCCC4)CC2)cc1. The molecule has 0 N–H and O–H groups in total. The maximum Gasteiger partial charge on any atom is 0.255 e. The molecule has 1 aliphatic heterocycles. The molecule has 1 aliphatic carbocycles. The van der Waals surface area contributed by atoms with Gasteiger partial charge in [-0.15, -0.1) is 11.3 Å². The van der Waals surface area contributed by atoms with Gasteiger partial charge < -0.3 is 14.5 Å². The molecule has 4 nitrogen and oxygen atoms in total. The summed E-state index contributed by atoms with van der Waals surface area (Å²) in [5, 5.41) is 2.11. The third kappa shape index (κ3) is 3.45. The lowest BCUT2D eigenvalue weighted by Gasteiger charge is -2.36. The molecular weight excluding hydrogens is 344 g/mol. The molecule has 0 spiro atoms. The van der Waals surface area contributed by atoms with E-state index in [0.29, 0.717) is 0 Å². The zero-order chi connectivity index (χ0) is 17.9. The predicted octanol–water partition coefficient (Wildman–Crippen LogP) is 3.99. The molecule has 1 amide bonds. The number of carbonyl (C=O) groups is 1. The van der Waals surface area contributed by atoms with E-state index >= 15 is 0 Å². The van der Waals surface area contributed by atoms with Crippen molar-refractivity contribution in [2.45, 2.75) is 32.1 Å². The number of benzene rings is 1. The van der Waals surface area contributed by atoms with E-state index in [-0.39, 0.29) is 5.91 Å². The summed E-state index contributed by atoms with van der Waals surface area (Å²) in [6, 6.07) is 8.17. The fourth-order valence-electron chi connectivity index (χ4n) is 3.98. The monoisotopic (exact) mass is 370 g/mol. The van der Waals surface area contributed by atoms with Gasteiger partial charge in [0.25, 0.3) is 5.91 Å². The Balaban J connectivity index is 1.41. The van der Waals surface area contributed by atoms with Gasteiger partial charge in [-0.25, -0.2) is 0 Å². The number of piperazine rings is 1. The third-order valence-electron chi connectivity index (χ3n) is 5.55. The average molecular weight is 371 g/mol. The second kappa shape index (κ2) is 7.70. The van der Waals surface area contributed by atoms with Crippen LogP contribution in [0, 0.1) is 0 Å². The zero-order valence-electron chi connectivity index (χ0n) is 15.4. The fraction of sp³-hybridized carbons (Fsp3) is 0.476. The van der Waals surface area contributed by atoms with Crippen molar-refractivity contribution in [3.05, 3.63) is 45.6 Å².